The molecule has 7 nitrogen and oxygen atoms in total. The van der Waals surface area contributed by atoms with Crippen LogP contribution in [-0.4, -0.2) is 43.4 Å². The van der Waals surface area contributed by atoms with Crippen LogP contribution in [0, 0.1) is 11.8 Å². The molecule has 1 saturated heterocycles. The first kappa shape index (κ1) is 18.0. The standard InChI is InChI=1S/C19H22N2O5/c1-25-12-7-8-16(26-2)15(11-12)20-17(22)9-10-21-18(23)13-5-3-4-6-14(13)19(21)24/h3-4,7-8,11,13-14H,5-6,9-10H2,1-2H3,(H,20,22)/t13-,14-/m1/s1. The summed E-state index contributed by atoms with van der Waals surface area (Å²) in [7, 11) is 3.04. The summed E-state index contributed by atoms with van der Waals surface area (Å²) in [6, 6.07) is 5.08. The number of fused-ring (bicyclic) bond motifs is 1. The van der Waals surface area contributed by atoms with Crippen molar-refractivity contribution in [1.29, 1.82) is 0 Å². The zero-order valence-electron chi connectivity index (χ0n) is 14.9. The topological polar surface area (TPSA) is 84.9 Å². The Labute approximate surface area is 151 Å². The molecule has 1 aliphatic carbocycles. The molecule has 0 bridgehead atoms. The van der Waals surface area contributed by atoms with E-state index in [2.05, 4.69) is 5.32 Å². The molecule has 1 heterocycles. The molecule has 1 aliphatic heterocycles. The summed E-state index contributed by atoms with van der Waals surface area (Å²) in [5.74, 6) is -0.0902. The van der Waals surface area contributed by atoms with E-state index in [-0.39, 0.29) is 42.5 Å². The largest absolute Gasteiger partial charge is 0.497 e. The Hall–Kier alpha value is -2.83. The van der Waals surface area contributed by atoms with Crippen molar-refractivity contribution in [1.82, 2.24) is 4.90 Å². The van der Waals surface area contributed by atoms with Crippen LogP contribution in [0.2, 0.25) is 0 Å². The van der Waals surface area contributed by atoms with Crippen LogP contribution in [-0.2, 0) is 14.4 Å². The highest BCUT2D eigenvalue weighted by atomic mass is 16.5. The summed E-state index contributed by atoms with van der Waals surface area (Å²) in [4.78, 5) is 38.3. The van der Waals surface area contributed by atoms with Gasteiger partial charge in [0, 0.05) is 19.0 Å². The fourth-order valence-electron chi connectivity index (χ4n) is 3.43. The number of amides is 3. The summed E-state index contributed by atoms with van der Waals surface area (Å²) in [5.41, 5.74) is 0.480. The van der Waals surface area contributed by atoms with E-state index in [1.165, 1.54) is 19.1 Å². The number of nitrogens with one attached hydrogen (secondary N) is 1. The fourth-order valence-corrected chi connectivity index (χ4v) is 3.43. The Bertz CT molecular complexity index is 732. The first-order valence-electron chi connectivity index (χ1n) is 8.57. The lowest BCUT2D eigenvalue weighted by atomic mass is 9.85. The minimum atomic E-state index is -0.301. The highest BCUT2D eigenvalue weighted by Gasteiger charge is 2.46. The smallest absolute Gasteiger partial charge is 0.233 e. The maximum absolute atomic E-state index is 12.4. The fraction of sp³-hybridized carbons (Fsp3) is 0.421. The number of rotatable bonds is 6. The van der Waals surface area contributed by atoms with Gasteiger partial charge in [0.1, 0.15) is 11.5 Å². The third kappa shape index (κ3) is 3.42. The zero-order chi connectivity index (χ0) is 18.7. The summed E-state index contributed by atoms with van der Waals surface area (Å²) in [6.07, 6.45) is 5.11. The van der Waals surface area contributed by atoms with Gasteiger partial charge in [0.15, 0.2) is 0 Å². The minimum absolute atomic E-state index is 0.0325. The van der Waals surface area contributed by atoms with Crippen LogP contribution in [0.4, 0.5) is 5.69 Å². The molecule has 2 aliphatic rings. The third-order valence-corrected chi connectivity index (χ3v) is 4.84. The van der Waals surface area contributed by atoms with Crippen LogP contribution < -0.4 is 14.8 Å². The number of methoxy groups -OCH3 is 2. The van der Waals surface area contributed by atoms with Crippen LogP contribution in [0.1, 0.15) is 19.3 Å². The number of carbonyl (C=O) groups is 3. The maximum Gasteiger partial charge on any atom is 0.233 e. The van der Waals surface area contributed by atoms with Crippen LogP contribution in [0.5, 0.6) is 11.5 Å². The van der Waals surface area contributed by atoms with Gasteiger partial charge in [-0.2, -0.15) is 0 Å². The molecule has 0 unspecified atom stereocenters. The average molecular weight is 358 g/mol. The Kier molecular flexibility index (Phi) is 5.25. The van der Waals surface area contributed by atoms with Gasteiger partial charge < -0.3 is 14.8 Å². The summed E-state index contributed by atoms with van der Waals surface area (Å²) in [6.45, 7) is 0.0861. The Balaban J connectivity index is 1.61. The van der Waals surface area contributed by atoms with Crippen molar-refractivity contribution in [3.05, 3.63) is 30.4 Å². The molecule has 0 aromatic heterocycles. The van der Waals surface area contributed by atoms with Crippen LogP contribution >= 0.6 is 0 Å². The quantitative estimate of drug-likeness (QED) is 0.621. The van der Waals surface area contributed by atoms with Crippen LogP contribution in [0.3, 0.4) is 0 Å². The maximum atomic E-state index is 12.4. The van der Waals surface area contributed by atoms with E-state index in [4.69, 9.17) is 9.47 Å². The van der Waals surface area contributed by atoms with E-state index in [0.29, 0.717) is 30.0 Å². The lowest BCUT2D eigenvalue weighted by Crippen LogP contribution is -2.34. The van der Waals surface area contributed by atoms with Gasteiger partial charge in [0.2, 0.25) is 17.7 Å². The van der Waals surface area contributed by atoms with Gasteiger partial charge in [-0.3, -0.25) is 19.3 Å². The SMILES string of the molecule is COc1ccc(OC)c(NC(=O)CCN2C(=O)[C@@H]3CC=CC[C@H]3C2=O)c1. The van der Waals surface area contributed by atoms with Gasteiger partial charge in [-0.1, -0.05) is 12.2 Å². The van der Waals surface area contributed by atoms with Gasteiger partial charge in [-0.05, 0) is 25.0 Å². The molecule has 7 heteroatoms. The second kappa shape index (κ2) is 7.59. The van der Waals surface area contributed by atoms with E-state index in [1.807, 2.05) is 12.2 Å². The van der Waals surface area contributed by atoms with E-state index < -0.39 is 0 Å². The summed E-state index contributed by atoms with van der Waals surface area (Å²) in [5, 5.41) is 2.75. The van der Waals surface area contributed by atoms with Crippen molar-refractivity contribution in [3.8, 4) is 11.5 Å². The predicted molar refractivity (Wildman–Crippen MR) is 94.9 cm³/mol. The molecule has 0 spiro atoms. The number of carbonyl (C=O) groups excluding carboxylic acids is 3. The molecule has 1 aromatic carbocycles. The number of hydrogen-bond acceptors (Lipinski definition) is 5. The zero-order valence-corrected chi connectivity index (χ0v) is 14.9. The van der Waals surface area contributed by atoms with Gasteiger partial charge in [-0.25, -0.2) is 0 Å². The number of anilines is 1. The normalized spacial score (nSPS) is 21.5. The van der Waals surface area contributed by atoms with Crippen LogP contribution in [0.15, 0.2) is 30.4 Å². The molecule has 3 amide bonds. The van der Waals surface area contributed by atoms with E-state index in [1.54, 1.807) is 18.2 Å². The van der Waals surface area contributed by atoms with Crippen molar-refractivity contribution in [2.24, 2.45) is 11.8 Å². The molecule has 0 saturated carbocycles. The van der Waals surface area contributed by atoms with Crippen molar-refractivity contribution in [3.63, 3.8) is 0 Å². The molecule has 138 valence electrons. The van der Waals surface area contributed by atoms with Crippen molar-refractivity contribution in [2.45, 2.75) is 19.3 Å². The average Bonchev–Trinajstić information content (AvgIpc) is 2.91. The molecule has 2 atom stereocenters. The number of allylic oxidation sites excluding steroid dienone is 2. The van der Waals surface area contributed by atoms with E-state index in [9.17, 15) is 14.4 Å². The van der Waals surface area contributed by atoms with E-state index in [0.717, 1.165) is 0 Å². The van der Waals surface area contributed by atoms with Crippen molar-refractivity contribution < 1.29 is 23.9 Å². The number of nitrogens with zero attached hydrogens (tertiary/aromatic N) is 1. The molecule has 26 heavy (non-hydrogen) atoms. The summed E-state index contributed by atoms with van der Waals surface area (Å²) < 4.78 is 10.4. The van der Waals surface area contributed by atoms with Crippen LogP contribution in [0.25, 0.3) is 0 Å². The third-order valence-electron chi connectivity index (χ3n) is 4.84. The number of hydrogen-bond donors (Lipinski definition) is 1. The van der Waals surface area contributed by atoms with Gasteiger partial charge in [-0.15, -0.1) is 0 Å². The molecule has 3 rings (SSSR count). The number of ether oxygens (including phenoxy) is 2. The number of benzene rings is 1. The van der Waals surface area contributed by atoms with Crippen molar-refractivity contribution in [2.75, 3.05) is 26.1 Å². The second-order valence-electron chi connectivity index (χ2n) is 6.35. The Morgan fingerprint density at radius 2 is 1.77 bits per heavy atom. The van der Waals surface area contributed by atoms with Gasteiger partial charge in [0.05, 0.1) is 31.7 Å². The van der Waals surface area contributed by atoms with Crippen molar-refractivity contribution >= 4 is 23.4 Å². The first-order valence-corrected chi connectivity index (χ1v) is 8.57. The molecule has 1 N–H and O–H groups in total. The number of likely N-dealkylation sites (tertiary alicyclic amines) is 1. The summed E-state index contributed by atoms with van der Waals surface area (Å²) >= 11 is 0. The monoisotopic (exact) mass is 358 g/mol. The highest BCUT2D eigenvalue weighted by molar-refractivity contribution is 6.06. The lowest BCUT2D eigenvalue weighted by Gasteiger charge is -2.15. The van der Waals surface area contributed by atoms with Gasteiger partial charge >= 0.3 is 0 Å². The second-order valence-corrected chi connectivity index (χ2v) is 6.35. The van der Waals surface area contributed by atoms with Gasteiger partial charge in [0.25, 0.3) is 0 Å². The molecular weight excluding hydrogens is 336 g/mol. The molecular formula is C19H22N2O5. The Morgan fingerprint density at radius 3 is 2.35 bits per heavy atom. The molecule has 1 fully saturated rings. The first-order chi connectivity index (χ1) is 12.5. The lowest BCUT2D eigenvalue weighted by molar-refractivity contribution is -0.140. The predicted octanol–water partition coefficient (Wildman–Crippen LogP) is 1.98. The molecule has 0 radical (unpaired) electrons. The minimum Gasteiger partial charge on any atom is -0.497 e. The Morgan fingerprint density at radius 1 is 1.12 bits per heavy atom. The highest BCUT2D eigenvalue weighted by Crippen LogP contribution is 2.35. The van der Waals surface area contributed by atoms with E-state index >= 15 is 0 Å². The molecule has 1 aromatic rings. The number of imide groups is 1.